The van der Waals surface area contributed by atoms with E-state index in [2.05, 4.69) is 103 Å². The first kappa shape index (κ1) is 28.6. The third kappa shape index (κ3) is 4.79. The summed E-state index contributed by atoms with van der Waals surface area (Å²) in [5.74, 6) is 1.91. The Labute approximate surface area is 292 Å². The molecular weight excluding hydrogens is 631 g/mol. The Hall–Kier alpha value is -6.43. The SMILES string of the molecule is c1ccc(-c2nc(-c3ccccc3)nc(-c3cccc(-c4cccc5oc6ccc(-c7cccc8sc9ccccc9c78)cc6c45)c3)n2)cc1. The third-order valence-electron chi connectivity index (χ3n) is 9.34. The van der Waals surface area contributed by atoms with Gasteiger partial charge in [0.1, 0.15) is 11.2 Å². The molecule has 0 radical (unpaired) electrons. The standard InChI is InChI=1S/C45H27N3OS/c1-3-12-28(13-4-1)43-46-44(29-14-5-2-6-15-29)48-45(47-43)32-17-9-16-30(26-32)33-19-10-21-38-41(33)36-27-31(24-25-37(36)49-38)34-20-11-23-40-42(34)35-18-7-8-22-39(35)50-40/h1-27H. The topological polar surface area (TPSA) is 51.8 Å². The Morgan fingerprint density at radius 3 is 1.68 bits per heavy atom. The summed E-state index contributed by atoms with van der Waals surface area (Å²) >= 11 is 1.84. The van der Waals surface area contributed by atoms with Crippen molar-refractivity contribution in [2.24, 2.45) is 0 Å². The van der Waals surface area contributed by atoms with Crippen LogP contribution in [0.2, 0.25) is 0 Å². The van der Waals surface area contributed by atoms with Gasteiger partial charge in [-0.05, 0) is 58.7 Å². The minimum atomic E-state index is 0.627. The van der Waals surface area contributed by atoms with Crippen molar-refractivity contribution in [3.05, 3.63) is 164 Å². The molecule has 0 spiro atoms. The van der Waals surface area contributed by atoms with E-state index in [4.69, 9.17) is 19.4 Å². The number of fused-ring (bicyclic) bond motifs is 6. The van der Waals surface area contributed by atoms with Gasteiger partial charge >= 0.3 is 0 Å². The summed E-state index contributed by atoms with van der Waals surface area (Å²) in [6.45, 7) is 0. The molecule has 0 amide bonds. The molecule has 0 saturated carbocycles. The fraction of sp³-hybridized carbons (Fsp3) is 0. The Morgan fingerprint density at radius 1 is 0.360 bits per heavy atom. The number of benzene rings is 7. The molecule has 0 fully saturated rings. The molecule has 50 heavy (non-hydrogen) atoms. The number of hydrogen-bond acceptors (Lipinski definition) is 5. The van der Waals surface area contributed by atoms with Gasteiger partial charge in [-0.2, -0.15) is 0 Å². The molecule has 10 rings (SSSR count). The molecule has 0 aliphatic carbocycles. The summed E-state index contributed by atoms with van der Waals surface area (Å²) in [6, 6.07) is 56.8. The minimum absolute atomic E-state index is 0.627. The van der Waals surface area contributed by atoms with E-state index in [1.165, 1.54) is 31.3 Å². The predicted molar refractivity (Wildman–Crippen MR) is 207 cm³/mol. The molecule has 0 atom stereocenters. The summed E-state index contributed by atoms with van der Waals surface area (Å²) < 4.78 is 9.06. The number of hydrogen-bond donors (Lipinski definition) is 0. The van der Waals surface area contributed by atoms with Crippen LogP contribution in [0.15, 0.2) is 168 Å². The van der Waals surface area contributed by atoms with Crippen LogP contribution in [0.5, 0.6) is 0 Å². The lowest BCUT2D eigenvalue weighted by Gasteiger charge is -2.10. The maximum Gasteiger partial charge on any atom is 0.164 e. The number of aromatic nitrogens is 3. The van der Waals surface area contributed by atoms with Gasteiger partial charge in [-0.25, -0.2) is 15.0 Å². The van der Waals surface area contributed by atoms with Gasteiger partial charge < -0.3 is 4.42 Å². The summed E-state index contributed by atoms with van der Waals surface area (Å²) in [5, 5.41) is 4.78. The Kier molecular flexibility index (Phi) is 6.64. The third-order valence-corrected chi connectivity index (χ3v) is 10.5. The van der Waals surface area contributed by atoms with Crippen molar-refractivity contribution in [3.63, 3.8) is 0 Å². The first-order valence-electron chi connectivity index (χ1n) is 16.6. The molecule has 234 valence electrons. The predicted octanol–water partition coefficient (Wildman–Crippen LogP) is 12.5. The monoisotopic (exact) mass is 657 g/mol. The van der Waals surface area contributed by atoms with Crippen LogP contribution < -0.4 is 0 Å². The van der Waals surface area contributed by atoms with Gasteiger partial charge in [0, 0.05) is 47.6 Å². The molecule has 0 aliphatic heterocycles. The number of thiophene rings is 1. The van der Waals surface area contributed by atoms with Crippen molar-refractivity contribution in [2.45, 2.75) is 0 Å². The molecule has 0 unspecified atom stereocenters. The molecule has 0 N–H and O–H groups in total. The van der Waals surface area contributed by atoms with E-state index in [0.29, 0.717) is 17.5 Å². The zero-order valence-electron chi connectivity index (χ0n) is 26.7. The van der Waals surface area contributed by atoms with Crippen molar-refractivity contribution in [3.8, 4) is 56.4 Å². The first-order valence-corrected chi connectivity index (χ1v) is 17.4. The van der Waals surface area contributed by atoms with E-state index < -0.39 is 0 Å². The van der Waals surface area contributed by atoms with Crippen LogP contribution in [0, 0.1) is 0 Å². The highest BCUT2D eigenvalue weighted by atomic mass is 32.1. The molecule has 5 heteroatoms. The van der Waals surface area contributed by atoms with Crippen LogP contribution in [0.4, 0.5) is 0 Å². The van der Waals surface area contributed by atoms with Crippen LogP contribution in [-0.2, 0) is 0 Å². The van der Waals surface area contributed by atoms with Crippen molar-refractivity contribution in [1.29, 1.82) is 0 Å². The Morgan fingerprint density at radius 2 is 0.920 bits per heavy atom. The van der Waals surface area contributed by atoms with Gasteiger partial charge in [-0.1, -0.05) is 127 Å². The summed E-state index contributed by atoms with van der Waals surface area (Å²) in [7, 11) is 0. The summed E-state index contributed by atoms with van der Waals surface area (Å²) in [5.41, 5.74) is 9.10. The quantitative estimate of drug-likeness (QED) is 0.185. The fourth-order valence-corrected chi connectivity index (χ4v) is 8.15. The summed E-state index contributed by atoms with van der Waals surface area (Å²) in [6.07, 6.45) is 0. The van der Waals surface area contributed by atoms with Gasteiger partial charge in [0.05, 0.1) is 0 Å². The van der Waals surface area contributed by atoms with Crippen LogP contribution in [-0.4, -0.2) is 15.0 Å². The van der Waals surface area contributed by atoms with E-state index in [0.717, 1.165) is 49.8 Å². The van der Waals surface area contributed by atoms with E-state index in [9.17, 15) is 0 Å². The fourth-order valence-electron chi connectivity index (χ4n) is 7.01. The number of rotatable bonds is 5. The van der Waals surface area contributed by atoms with E-state index >= 15 is 0 Å². The second-order valence-electron chi connectivity index (χ2n) is 12.4. The second-order valence-corrected chi connectivity index (χ2v) is 13.5. The maximum atomic E-state index is 6.46. The van der Waals surface area contributed by atoms with Gasteiger partial charge in [0.2, 0.25) is 0 Å². The average molecular weight is 658 g/mol. The smallest absolute Gasteiger partial charge is 0.164 e. The molecule has 7 aromatic carbocycles. The van der Waals surface area contributed by atoms with Crippen LogP contribution in [0.3, 0.4) is 0 Å². The zero-order chi connectivity index (χ0) is 33.0. The molecule has 4 nitrogen and oxygen atoms in total. The molecule has 3 aromatic heterocycles. The molecule has 0 saturated heterocycles. The van der Waals surface area contributed by atoms with E-state index in [1.807, 2.05) is 72.0 Å². The van der Waals surface area contributed by atoms with Gasteiger partial charge in [0.25, 0.3) is 0 Å². The van der Waals surface area contributed by atoms with Gasteiger partial charge in [-0.15, -0.1) is 11.3 Å². The highest BCUT2D eigenvalue weighted by Gasteiger charge is 2.17. The second kappa shape index (κ2) is 11.6. The summed E-state index contributed by atoms with van der Waals surface area (Å²) in [4.78, 5) is 14.8. The van der Waals surface area contributed by atoms with Crippen molar-refractivity contribution in [1.82, 2.24) is 15.0 Å². The van der Waals surface area contributed by atoms with Crippen molar-refractivity contribution < 1.29 is 4.42 Å². The molecule has 0 bridgehead atoms. The lowest BCUT2D eigenvalue weighted by Crippen LogP contribution is -2.00. The van der Waals surface area contributed by atoms with Gasteiger partial charge in [-0.3, -0.25) is 0 Å². The zero-order valence-corrected chi connectivity index (χ0v) is 27.6. The number of nitrogens with zero attached hydrogens (tertiary/aromatic N) is 3. The average Bonchev–Trinajstić information content (AvgIpc) is 3.77. The molecule has 0 aliphatic rings. The van der Waals surface area contributed by atoms with Crippen LogP contribution in [0.1, 0.15) is 0 Å². The Bertz CT molecular complexity index is 2820. The van der Waals surface area contributed by atoms with Crippen LogP contribution in [0.25, 0.3) is 98.5 Å². The first-order chi connectivity index (χ1) is 24.8. The Balaban J connectivity index is 1.14. The molecule has 3 heterocycles. The van der Waals surface area contributed by atoms with Crippen molar-refractivity contribution in [2.75, 3.05) is 0 Å². The minimum Gasteiger partial charge on any atom is -0.456 e. The van der Waals surface area contributed by atoms with Crippen LogP contribution >= 0.6 is 11.3 Å². The highest BCUT2D eigenvalue weighted by Crippen LogP contribution is 2.43. The highest BCUT2D eigenvalue weighted by molar-refractivity contribution is 7.25. The largest absolute Gasteiger partial charge is 0.456 e. The van der Waals surface area contributed by atoms with E-state index in [1.54, 1.807) is 0 Å². The van der Waals surface area contributed by atoms with Crippen molar-refractivity contribution >= 4 is 53.4 Å². The molecule has 10 aromatic rings. The number of furan rings is 1. The normalized spacial score (nSPS) is 11.6. The lowest BCUT2D eigenvalue weighted by molar-refractivity contribution is 0.669. The molecular formula is C45H27N3OS. The maximum absolute atomic E-state index is 6.46. The lowest BCUT2D eigenvalue weighted by atomic mass is 9.95. The van der Waals surface area contributed by atoms with E-state index in [-0.39, 0.29) is 0 Å². The van der Waals surface area contributed by atoms with Gasteiger partial charge in [0.15, 0.2) is 17.5 Å².